The molecule has 110 valence electrons. The van der Waals surface area contributed by atoms with Crippen molar-refractivity contribution in [1.82, 2.24) is 0 Å². The van der Waals surface area contributed by atoms with E-state index in [1.807, 2.05) is 0 Å². The van der Waals surface area contributed by atoms with Gasteiger partial charge in [-0.05, 0) is 30.5 Å². The second-order valence-electron chi connectivity index (χ2n) is 5.35. The van der Waals surface area contributed by atoms with Crippen molar-refractivity contribution in [2.24, 2.45) is 10.9 Å². The van der Waals surface area contributed by atoms with Gasteiger partial charge in [-0.1, -0.05) is 54.6 Å². The second-order valence-corrected chi connectivity index (χ2v) is 6.13. The van der Waals surface area contributed by atoms with E-state index in [-0.39, 0.29) is 5.92 Å². The number of hydrogen-bond acceptors (Lipinski definition) is 3. The number of aliphatic imine (C=N–C) groups is 1. The van der Waals surface area contributed by atoms with E-state index in [0.717, 1.165) is 12.8 Å². The molecule has 1 saturated carbocycles. The molecule has 1 heterocycles. The summed E-state index contributed by atoms with van der Waals surface area (Å²) in [6.45, 7) is 0. The number of carbonyl (C=O) groups excluding carboxylic acids is 1. The van der Waals surface area contributed by atoms with Gasteiger partial charge < -0.3 is 4.74 Å². The Morgan fingerprint density at radius 1 is 1.19 bits per heavy atom. The first-order valence-corrected chi connectivity index (χ1v) is 7.87. The Kier molecular flexibility index (Phi) is 4.32. The monoisotopic (exact) mass is 323 g/mol. The Hall–Kier alpha value is -1.32. The molecule has 1 aliphatic carbocycles. The lowest BCUT2D eigenvalue weighted by atomic mass is 9.89. The van der Waals surface area contributed by atoms with Gasteiger partial charge in [-0.25, -0.2) is 9.79 Å². The summed E-state index contributed by atoms with van der Waals surface area (Å²) in [5.74, 6) is 0.416. The summed E-state index contributed by atoms with van der Waals surface area (Å²) in [7, 11) is 0. The van der Waals surface area contributed by atoms with Crippen molar-refractivity contribution < 1.29 is 9.53 Å². The van der Waals surface area contributed by atoms with Crippen LogP contribution < -0.4 is 0 Å². The van der Waals surface area contributed by atoms with Gasteiger partial charge in [0, 0.05) is 5.92 Å². The van der Waals surface area contributed by atoms with Crippen LogP contribution in [0.3, 0.4) is 0 Å². The second kappa shape index (κ2) is 6.20. The number of ether oxygens (including phenoxy) is 1. The summed E-state index contributed by atoms with van der Waals surface area (Å²) in [4.78, 5) is 16.3. The average molecular weight is 324 g/mol. The van der Waals surface area contributed by atoms with Crippen LogP contribution in [-0.2, 0) is 9.53 Å². The molecule has 1 aromatic rings. The lowest BCUT2D eigenvalue weighted by Crippen LogP contribution is -2.19. The topological polar surface area (TPSA) is 38.7 Å². The molecule has 1 aliphatic heterocycles. The molecule has 21 heavy (non-hydrogen) atoms. The molecular weight excluding hydrogens is 309 g/mol. The molecular formula is C16H15Cl2NO2. The quantitative estimate of drug-likeness (QED) is 0.575. The number of esters is 1. The summed E-state index contributed by atoms with van der Waals surface area (Å²) in [6, 6.07) is 5.28. The van der Waals surface area contributed by atoms with Gasteiger partial charge in [-0.3, -0.25) is 0 Å². The van der Waals surface area contributed by atoms with E-state index >= 15 is 0 Å². The van der Waals surface area contributed by atoms with Crippen LogP contribution in [0.4, 0.5) is 0 Å². The summed E-state index contributed by atoms with van der Waals surface area (Å²) < 4.78 is 5.32. The number of carbonyl (C=O) groups is 1. The van der Waals surface area contributed by atoms with Crippen molar-refractivity contribution in [2.75, 3.05) is 0 Å². The first kappa shape index (κ1) is 14.6. The highest BCUT2D eigenvalue weighted by molar-refractivity contribution is 6.43. The molecule has 0 unspecified atom stereocenters. The maximum absolute atomic E-state index is 11.9. The van der Waals surface area contributed by atoms with Crippen LogP contribution in [0, 0.1) is 5.92 Å². The third kappa shape index (κ3) is 3.14. The third-order valence-electron chi connectivity index (χ3n) is 3.87. The summed E-state index contributed by atoms with van der Waals surface area (Å²) in [6.07, 6.45) is 7.29. The predicted molar refractivity (Wildman–Crippen MR) is 84.5 cm³/mol. The molecule has 0 bridgehead atoms. The van der Waals surface area contributed by atoms with Gasteiger partial charge in [0.25, 0.3) is 0 Å². The molecule has 5 heteroatoms. The van der Waals surface area contributed by atoms with Crippen LogP contribution in [0.25, 0.3) is 6.08 Å². The SMILES string of the molecule is O=C1OC(C2CCCCC2)=N/C1=C\c1cccc(Cl)c1Cl. The molecule has 0 amide bonds. The van der Waals surface area contributed by atoms with Gasteiger partial charge in [0.05, 0.1) is 10.0 Å². The molecule has 0 saturated heterocycles. The lowest BCUT2D eigenvalue weighted by Gasteiger charge is -2.19. The van der Waals surface area contributed by atoms with Gasteiger partial charge in [-0.2, -0.15) is 0 Å². The minimum atomic E-state index is -0.411. The average Bonchev–Trinajstić information content (AvgIpc) is 2.86. The molecule has 0 spiro atoms. The van der Waals surface area contributed by atoms with Crippen molar-refractivity contribution in [3.05, 3.63) is 39.5 Å². The van der Waals surface area contributed by atoms with E-state index in [1.165, 1.54) is 19.3 Å². The normalized spacial score (nSPS) is 21.5. The van der Waals surface area contributed by atoms with Crippen LogP contribution in [-0.4, -0.2) is 11.9 Å². The van der Waals surface area contributed by atoms with Crippen molar-refractivity contribution in [2.45, 2.75) is 32.1 Å². The Morgan fingerprint density at radius 2 is 1.95 bits per heavy atom. The van der Waals surface area contributed by atoms with E-state index in [2.05, 4.69) is 4.99 Å². The third-order valence-corrected chi connectivity index (χ3v) is 4.70. The first-order valence-electron chi connectivity index (χ1n) is 7.11. The van der Waals surface area contributed by atoms with E-state index in [1.54, 1.807) is 24.3 Å². The number of cyclic esters (lactones) is 1. The molecule has 0 atom stereocenters. The number of nitrogens with zero attached hydrogens (tertiary/aromatic N) is 1. The van der Waals surface area contributed by atoms with E-state index in [9.17, 15) is 4.79 Å². The zero-order chi connectivity index (χ0) is 14.8. The van der Waals surface area contributed by atoms with E-state index in [4.69, 9.17) is 27.9 Å². The van der Waals surface area contributed by atoms with Gasteiger partial charge in [0.2, 0.25) is 5.90 Å². The summed E-state index contributed by atoms with van der Waals surface area (Å²) >= 11 is 12.1. The summed E-state index contributed by atoms with van der Waals surface area (Å²) in [5.41, 5.74) is 0.963. The maximum atomic E-state index is 11.9. The molecule has 0 N–H and O–H groups in total. The largest absolute Gasteiger partial charge is 0.406 e. The number of rotatable bonds is 2. The Balaban J connectivity index is 1.87. The fourth-order valence-electron chi connectivity index (χ4n) is 2.73. The van der Waals surface area contributed by atoms with Crippen LogP contribution in [0.1, 0.15) is 37.7 Å². The minimum Gasteiger partial charge on any atom is -0.406 e. The lowest BCUT2D eigenvalue weighted by molar-refractivity contribution is -0.130. The minimum absolute atomic E-state index is 0.267. The van der Waals surface area contributed by atoms with Crippen LogP contribution in [0.15, 0.2) is 28.9 Å². The Labute approximate surface area is 133 Å². The van der Waals surface area contributed by atoms with Crippen molar-refractivity contribution in [3.8, 4) is 0 Å². The van der Waals surface area contributed by atoms with Crippen molar-refractivity contribution >= 4 is 41.1 Å². The van der Waals surface area contributed by atoms with Gasteiger partial charge in [0.15, 0.2) is 5.70 Å². The molecule has 3 nitrogen and oxygen atoms in total. The smallest absolute Gasteiger partial charge is 0.363 e. The molecule has 0 aromatic heterocycles. The Morgan fingerprint density at radius 3 is 2.71 bits per heavy atom. The van der Waals surface area contributed by atoms with Crippen LogP contribution in [0.2, 0.25) is 10.0 Å². The van der Waals surface area contributed by atoms with Crippen LogP contribution in [0.5, 0.6) is 0 Å². The molecule has 2 aliphatic rings. The first-order chi connectivity index (χ1) is 10.1. The fraction of sp³-hybridized carbons (Fsp3) is 0.375. The highest BCUT2D eigenvalue weighted by atomic mass is 35.5. The molecule has 1 aromatic carbocycles. The predicted octanol–water partition coefficient (Wildman–Crippen LogP) is 4.87. The fourth-order valence-corrected chi connectivity index (χ4v) is 3.09. The zero-order valence-corrected chi connectivity index (χ0v) is 13.0. The zero-order valence-electron chi connectivity index (χ0n) is 11.4. The highest BCUT2D eigenvalue weighted by Gasteiger charge is 2.30. The number of halogens is 2. The van der Waals surface area contributed by atoms with Gasteiger partial charge >= 0.3 is 5.97 Å². The van der Waals surface area contributed by atoms with Gasteiger partial charge in [-0.15, -0.1) is 0 Å². The number of hydrogen-bond donors (Lipinski definition) is 0. The van der Waals surface area contributed by atoms with Gasteiger partial charge in [0.1, 0.15) is 0 Å². The standard InChI is InChI=1S/C16H15Cl2NO2/c17-12-8-4-7-11(14(12)18)9-13-16(20)21-15(19-13)10-5-2-1-3-6-10/h4,7-10H,1-3,5-6H2/b13-9-. The molecule has 3 rings (SSSR count). The number of benzene rings is 1. The van der Waals surface area contributed by atoms with Crippen molar-refractivity contribution in [1.29, 1.82) is 0 Å². The molecule has 1 fully saturated rings. The van der Waals surface area contributed by atoms with E-state index in [0.29, 0.717) is 27.2 Å². The van der Waals surface area contributed by atoms with Crippen molar-refractivity contribution in [3.63, 3.8) is 0 Å². The highest BCUT2D eigenvalue weighted by Crippen LogP contribution is 2.31. The van der Waals surface area contributed by atoms with Crippen LogP contribution >= 0.6 is 23.2 Å². The van der Waals surface area contributed by atoms with E-state index < -0.39 is 5.97 Å². The summed E-state index contributed by atoms with van der Waals surface area (Å²) in [5, 5.41) is 0.870. The molecule has 0 radical (unpaired) electrons. The maximum Gasteiger partial charge on any atom is 0.363 e. The Bertz CT molecular complexity index is 631.